The molecule has 14 heavy (non-hydrogen) atoms. The number of aromatic amines is 1. The predicted octanol–water partition coefficient (Wildman–Crippen LogP) is -0.0401. The molecule has 8 heteroatoms. The molecule has 0 aliphatic carbocycles. The molecule has 0 aliphatic rings. The Hall–Kier alpha value is -1.28. The van der Waals surface area contributed by atoms with Crippen LogP contribution in [0.5, 0.6) is 0 Å². The first-order chi connectivity index (χ1) is 6.32. The highest BCUT2D eigenvalue weighted by Crippen LogP contribution is 2.14. The van der Waals surface area contributed by atoms with E-state index in [1.807, 2.05) is 4.98 Å². The minimum absolute atomic E-state index is 0.504. The van der Waals surface area contributed by atoms with Crippen molar-refractivity contribution in [2.45, 2.75) is 11.3 Å². The van der Waals surface area contributed by atoms with E-state index in [4.69, 9.17) is 0 Å². The molecule has 3 N–H and O–H groups in total. The van der Waals surface area contributed by atoms with Crippen molar-refractivity contribution in [1.82, 2.24) is 4.98 Å². The van der Waals surface area contributed by atoms with Crippen LogP contribution in [0.3, 0.4) is 0 Å². The molecule has 0 amide bonds. The number of sulfonamides is 1. The third kappa shape index (κ3) is 2.15. The van der Waals surface area contributed by atoms with Crippen molar-refractivity contribution in [3.8, 4) is 0 Å². The highest BCUT2D eigenvalue weighted by molar-refractivity contribution is 7.89. The second-order valence-electron chi connectivity index (χ2n) is 2.46. The first-order valence-electron chi connectivity index (χ1n) is 3.36. The van der Waals surface area contributed by atoms with Crippen molar-refractivity contribution in [3.63, 3.8) is 0 Å². The topological polar surface area (TPSA) is 93.0 Å². The maximum atomic E-state index is 12.0. The highest BCUT2D eigenvalue weighted by atomic mass is 32.2. The zero-order chi connectivity index (χ0) is 10.9. The molecule has 0 aliphatic heterocycles. The number of nitrogens with one attached hydrogen (secondary N) is 1. The number of primary sulfonamides is 1. The quantitative estimate of drug-likeness (QED) is 0.738. The zero-order valence-electron chi connectivity index (χ0n) is 6.70. The summed E-state index contributed by atoms with van der Waals surface area (Å²) in [5.74, 6) is 0. The van der Waals surface area contributed by atoms with E-state index < -0.39 is 32.5 Å². The molecule has 0 atom stereocenters. The minimum Gasteiger partial charge on any atom is -0.359 e. The molecule has 78 valence electrons. The van der Waals surface area contributed by atoms with E-state index in [0.29, 0.717) is 12.3 Å². The Morgan fingerprint density at radius 1 is 1.43 bits per heavy atom. The number of aromatic nitrogens is 1. The summed E-state index contributed by atoms with van der Waals surface area (Å²) in [5, 5.41) is 4.65. The molecule has 1 aromatic rings. The average Bonchev–Trinajstić information content (AvgIpc) is 2.01. The van der Waals surface area contributed by atoms with Gasteiger partial charge in [0.1, 0.15) is 4.90 Å². The summed E-state index contributed by atoms with van der Waals surface area (Å²) in [6.07, 6.45) is -2.21. The summed E-state index contributed by atoms with van der Waals surface area (Å²) in [4.78, 5) is 12.2. The number of alkyl halides is 2. The molecular formula is C6H6F2N2O3S. The third-order valence-electron chi connectivity index (χ3n) is 1.44. The number of pyridine rings is 1. The molecule has 0 bridgehead atoms. The Kier molecular flexibility index (Phi) is 2.67. The van der Waals surface area contributed by atoms with Gasteiger partial charge in [-0.2, -0.15) is 0 Å². The normalized spacial score (nSPS) is 12.0. The van der Waals surface area contributed by atoms with Gasteiger partial charge in [0.2, 0.25) is 15.5 Å². The summed E-state index contributed by atoms with van der Waals surface area (Å²) in [5.41, 5.74) is -1.70. The maximum Gasteiger partial charge on any atom is 0.278 e. The molecule has 0 saturated heterocycles. The van der Waals surface area contributed by atoms with Gasteiger partial charge in [-0.05, 0) is 0 Å². The second-order valence-corrected chi connectivity index (χ2v) is 3.99. The van der Waals surface area contributed by atoms with Crippen molar-refractivity contribution in [3.05, 3.63) is 28.2 Å². The second kappa shape index (κ2) is 3.46. The summed E-state index contributed by atoms with van der Waals surface area (Å²) in [6.45, 7) is 0. The van der Waals surface area contributed by atoms with Gasteiger partial charge in [-0.25, -0.2) is 22.3 Å². The Balaban J connectivity index is 3.36. The molecule has 0 unspecified atom stereocenters. The van der Waals surface area contributed by atoms with Gasteiger partial charge in [0.05, 0.1) is 5.69 Å². The van der Waals surface area contributed by atoms with Crippen molar-refractivity contribution >= 4 is 10.0 Å². The predicted molar refractivity (Wildman–Crippen MR) is 43.4 cm³/mol. The Morgan fingerprint density at radius 3 is 2.36 bits per heavy atom. The first kappa shape index (κ1) is 10.8. The van der Waals surface area contributed by atoms with E-state index in [0.717, 1.165) is 0 Å². The lowest BCUT2D eigenvalue weighted by molar-refractivity contribution is 0.146. The van der Waals surface area contributed by atoms with E-state index in [1.165, 1.54) is 0 Å². The molecule has 0 radical (unpaired) electrons. The van der Waals surface area contributed by atoms with Crippen molar-refractivity contribution < 1.29 is 17.2 Å². The number of halogens is 2. The first-order valence-corrected chi connectivity index (χ1v) is 4.90. The molecule has 0 aromatic carbocycles. The largest absolute Gasteiger partial charge is 0.359 e. The van der Waals surface area contributed by atoms with E-state index in [2.05, 4.69) is 5.14 Å². The lowest BCUT2D eigenvalue weighted by atomic mass is 10.3. The molecule has 0 fully saturated rings. The zero-order valence-corrected chi connectivity index (χ0v) is 7.51. The van der Waals surface area contributed by atoms with Gasteiger partial charge < -0.3 is 4.98 Å². The average molecular weight is 224 g/mol. The summed E-state index contributed by atoms with van der Waals surface area (Å²) >= 11 is 0. The molecule has 0 saturated carbocycles. The number of hydrogen-bond acceptors (Lipinski definition) is 3. The van der Waals surface area contributed by atoms with Crippen LogP contribution in [0.1, 0.15) is 12.1 Å². The van der Waals surface area contributed by atoms with Gasteiger partial charge in [-0.1, -0.05) is 0 Å². The standard InChI is InChI=1S/C6H6F2N2O3S/c7-6(8)3-1-4(11)5(2-10-3)14(9,12)13/h1-2,6H,(H,10,11)(H2,9,12,13). The fourth-order valence-electron chi connectivity index (χ4n) is 0.822. The fraction of sp³-hybridized carbons (Fsp3) is 0.167. The van der Waals surface area contributed by atoms with Crippen LogP contribution in [0.4, 0.5) is 8.78 Å². The van der Waals surface area contributed by atoms with Crippen LogP contribution in [-0.2, 0) is 10.0 Å². The Labute approximate surface area is 77.6 Å². The number of H-pyrrole nitrogens is 1. The van der Waals surface area contributed by atoms with E-state index >= 15 is 0 Å². The molecule has 0 spiro atoms. The summed E-state index contributed by atoms with van der Waals surface area (Å²) in [6, 6.07) is 0.504. The molecule has 1 aromatic heterocycles. The van der Waals surface area contributed by atoms with Crippen LogP contribution < -0.4 is 10.6 Å². The van der Waals surface area contributed by atoms with Gasteiger partial charge in [0.25, 0.3) is 6.43 Å². The van der Waals surface area contributed by atoms with Crippen molar-refractivity contribution in [2.75, 3.05) is 0 Å². The highest BCUT2D eigenvalue weighted by Gasteiger charge is 2.15. The lowest BCUT2D eigenvalue weighted by Crippen LogP contribution is -2.22. The smallest absolute Gasteiger partial charge is 0.278 e. The molecule has 1 rings (SSSR count). The van der Waals surface area contributed by atoms with Gasteiger partial charge in [0, 0.05) is 12.3 Å². The van der Waals surface area contributed by atoms with Crippen molar-refractivity contribution in [1.29, 1.82) is 0 Å². The van der Waals surface area contributed by atoms with Gasteiger partial charge in [0.15, 0.2) is 0 Å². The molecule has 5 nitrogen and oxygen atoms in total. The van der Waals surface area contributed by atoms with E-state index in [1.54, 1.807) is 0 Å². The van der Waals surface area contributed by atoms with Crippen molar-refractivity contribution in [2.24, 2.45) is 5.14 Å². The van der Waals surface area contributed by atoms with E-state index in [9.17, 15) is 22.0 Å². The SMILES string of the molecule is NS(=O)(=O)c1c[nH]c(C(F)F)cc1=O. The van der Waals surface area contributed by atoms with Crippen LogP contribution in [0.25, 0.3) is 0 Å². The van der Waals surface area contributed by atoms with E-state index in [-0.39, 0.29) is 0 Å². The molecule has 1 heterocycles. The van der Waals surface area contributed by atoms with Crippen LogP contribution in [-0.4, -0.2) is 13.4 Å². The summed E-state index contributed by atoms with van der Waals surface area (Å²) in [7, 11) is -4.16. The van der Waals surface area contributed by atoms with Crippen LogP contribution in [0.15, 0.2) is 22.0 Å². The maximum absolute atomic E-state index is 12.0. The van der Waals surface area contributed by atoms with Gasteiger partial charge in [-0.3, -0.25) is 4.79 Å². The van der Waals surface area contributed by atoms with Crippen LogP contribution >= 0.6 is 0 Å². The van der Waals surface area contributed by atoms with Gasteiger partial charge in [-0.15, -0.1) is 0 Å². The number of nitrogens with two attached hydrogens (primary N) is 1. The summed E-state index contributed by atoms with van der Waals surface area (Å²) < 4.78 is 45.5. The van der Waals surface area contributed by atoms with Crippen LogP contribution in [0.2, 0.25) is 0 Å². The minimum atomic E-state index is -4.16. The number of hydrogen-bond donors (Lipinski definition) is 2. The Bertz CT molecular complexity index is 494. The lowest BCUT2D eigenvalue weighted by Gasteiger charge is -2.00. The van der Waals surface area contributed by atoms with Gasteiger partial charge >= 0.3 is 0 Å². The molecular weight excluding hydrogens is 218 g/mol. The number of rotatable bonds is 2. The van der Waals surface area contributed by atoms with Crippen LogP contribution in [0, 0.1) is 0 Å². The fourth-order valence-corrected chi connectivity index (χ4v) is 1.38. The Morgan fingerprint density at radius 2 is 2.00 bits per heavy atom. The monoisotopic (exact) mass is 224 g/mol. The third-order valence-corrected chi connectivity index (χ3v) is 2.37.